The molecule has 43 heavy (non-hydrogen) atoms. The van der Waals surface area contributed by atoms with Crippen LogP contribution in [0, 0.1) is 5.92 Å². The third-order valence-corrected chi connectivity index (χ3v) is 7.95. The van der Waals surface area contributed by atoms with Crippen LogP contribution in [0.4, 0.5) is 5.69 Å². The van der Waals surface area contributed by atoms with E-state index in [4.69, 9.17) is 21.1 Å². The third kappa shape index (κ3) is 6.81. The van der Waals surface area contributed by atoms with Crippen molar-refractivity contribution in [1.29, 1.82) is 0 Å². The van der Waals surface area contributed by atoms with Crippen LogP contribution in [0.2, 0.25) is 5.02 Å². The van der Waals surface area contributed by atoms with Gasteiger partial charge < -0.3 is 14.8 Å². The van der Waals surface area contributed by atoms with E-state index in [2.05, 4.69) is 22.3 Å². The maximum Gasteiger partial charge on any atom is 0.332 e. The first-order valence-electron chi connectivity index (χ1n) is 14.0. The van der Waals surface area contributed by atoms with Gasteiger partial charge in [-0.3, -0.25) is 28.4 Å². The molecule has 1 unspecified atom stereocenters. The summed E-state index contributed by atoms with van der Waals surface area (Å²) in [7, 11) is 2.90. The Kier molecular flexibility index (Phi) is 9.27. The molecule has 1 aromatic heterocycles. The van der Waals surface area contributed by atoms with Crippen molar-refractivity contribution in [1.82, 2.24) is 14.0 Å². The number of rotatable bonds is 11. The molecule has 1 aliphatic rings. The Hall–Kier alpha value is -4.41. The average molecular weight is 605 g/mol. The highest BCUT2D eigenvalue weighted by molar-refractivity contribution is 6.32. The van der Waals surface area contributed by atoms with Crippen molar-refractivity contribution in [3.05, 3.63) is 98.2 Å². The number of hydrogen-bond donors (Lipinski definition) is 1. The molecule has 10 nitrogen and oxygen atoms in total. The second kappa shape index (κ2) is 13.3. The topological polar surface area (TPSA) is 112 Å². The smallest absolute Gasteiger partial charge is 0.332 e. The number of aromatic nitrogens is 2. The standard InChI is InChI=1S/C32H33ClN4O6/c1-42-28-16-29(43-2)26(15-25(28)33)34-30(39)20-36-27-11-7-6-10-24(27)31(40)37(32(36)41)19-23(38)14-22-12-13-35(18-22)17-21-8-4-3-5-9-21/h3-11,15-16,22H,12-14,17-20H2,1-2H3,(H,34,39). The Bertz CT molecular complexity index is 1770. The minimum Gasteiger partial charge on any atom is -0.495 e. The number of para-hydroxylation sites is 1. The lowest BCUT2D eigenvalue weighted by molar-refractivity contribution is -0.120. The quantitative estimate of drug-likeness (QED) is 0.276. The van der Waals surface area contributed by atoms with Gasteiger partial charge in [-0.2, -0.15) is 0 Å². The van der Waals surface area contributed by atoms with E-state index in [-0.39, 0.29) is 40.8 Å². The van der Waals surface area contributed by atoms with Crippen LogP contribution in [-0.2, 0) is 29.2 Å². The highest BCUT2D eigenvalue weighted by atomic mass is 35.5. The van der Waals surface area contributed by atoms with Crippen molar-refractivity contribution in [3.8, 4) is 11.5 Å². The number of hydrogen-bond acceptors (Lipinski definition) is 7. The summed E-state index contributed by atoms with van der Waals surface area (Å²) in [5, 5.41) is 3.22. The molecule has 1 aliphatic heterocycles. The van der Waals surface area contributed by atoms with Gasteiger partial charge in [-0.15, -0.1) is 0 Å². The van der Waals surface area contributed by atoms with E-state index in [9.17, 15) is 19.2 Å². The second-order valence-electron chi connectivity index (χ2n) is 10.6. The summed E-state index contributed by atoms with van der Waals surface area (Å²) in [5.74, 6) is 0.0858. The zero-order chi connectivity index (χ0) is 30.5. The summed E-state index contributed by atoms with van der Waals surface area (Å²) in [6, 6.07) is 19.7. The van der Waals surface area contributed by atoms with Crippen LogP contribution < -0.4 is 26.0 Å². The molecule has 224 valence electrons. The van der Waals surface area contributed by atoms with Crippen LogP contribution in [0.1, 0.15) is 18.4 Å². The molecule has 0 aliphatic carbocycles. The fraction of sp³-hybridized carbons (Fsp3) is 0.312. The predicted molar refractivity (Wildman–Crippen MR) is 165 cm³/mol. The van der Waals surface area contributed by atoms with Gasteiger partial charge in [0.05, 0.1) is 42.4 Å². The monoisotopic (exact) mass is 604 g/mol. The maximum absolute atomic E-state index is 13.6. The first-order valence-corrected chi connectivity index (χ1v) is 14.4. The fourth-order valence-electron chi connectivity index (χ4n) is 5.58. The van der Waals surface area contributed by atoms with E-state index < -0.39 is 23.7 Å². The lowest BCUT2D eigenvalue weighted by atomic mass is 10.0. The van der Waals surface area contributed by atoms with Crippen molar-refractivity contribution in [2.45, 2.75) is 32.5 Å². The normalized spacial score (nSPS) is 15.0. The van der Waals surface area contributed by atoms with Crippen LogP contribution in [0.25, 0.3) is 10.9 Å². The number of ether oxygens (including phenoxy) is 2. The van der Waals surface area contributed by atoms with E-state index >= 15 is 0 Å². The van der Waals surface area contributed by atoms with Gasteiger partial charge in [0.1, 0.15) is 18.0 Å². The van der Waals surface area contributed by atoms with Crippen molar-refractivity contribution >= 4 is 39.9 Å². The molecule has 1 saturated heterocycles. The SMILES string of the molecule is COc1cc(OC)c(NC(=O)Cn2c(=O)n(CC(=O)CC3CCN(Cc4ccccc4)C3)c(=O)c3ccccc32)cc1Cl. The molecule has 0 bridgehead atoms. The minimum atomic E-state index is -0.732. The van der Waals surface area contributed by atoms with Crippen LogP contribution >= 0.6 is 11.6 Å². The molecule has 0 saturated carbocycles. The Balaban J connectivity index is 1.33. The van der Waals surface area contributed by atoms with Gasteiger partial charge in [0, 0.05) is 25.6 Å². The number of anilines is 1. The molecule has 11 heteroatoms. The average Bonchev–Trinajstić information content (AvgIpc) is 3.44. The molecule has 1 fully saturated rings. The van der Waals surface area contributed by atoms with Gasteiger partial charge in [-0.1, -0.05) is 54.1 Å². The number of nitrogens with one attached hydrogen (secondary N) is 1. The fourth-order valence-corrected chi connectivity index (χ4v) is 5.82. The number of likely N-dealkylation sites (tertiary alicyclic amines) is 1. The van der Waals surface area contributed by atoms with E-state index in [0.717, 1.165) is 30.6 Å². The molecule has 0 radical (unpaired) electrons. The molecular weight excluding hydrogens is 572 g/mol. The van der Waals surface area contributed by atoms with Gasteiger partial charge in [0.2, 0.25) is 5.91 Å². The van der Waals surface area contributed by atoms with Gasteiger partial charge in [-0.05, 0) is 42.6 Å². The Labute approximate surface area is 253 Å². The number of nitrogens with zero attached hydrogens (tertiary/aromatic N) is 3. The summed E-state index contributed by atoms with van der Waals surface area (Å²) in [6.45, 7) is 1.71. The molecule has 1 N–H and O–H groups in total. The molecule has 2 heterocycles. The zero-order valence-corrected chi connectivity index (χ0v) is 24.8. The molecule has 1 amide bonds. The van der Waals surface area contributed by atoms with Crippen LogP contribution in [0.5, 0.6) is 11.5 Å². The number of methoxy groups -OCH3 is 2. The first-order chi connectivity index (χ1) is 20.8. The van der Waals surface area contributed by atoms with Gasteiger partial charge in [0.15, 0.2) is 5.78 Å². The first kappa shape index (κ1) is 30.1. The number of Topliss-reactive ketones (excluding diaryl/α,β-unsaturated/α-hetero) is 1. The summed E-state index contributed by atoms with van der Waals surface area (Å²) < 4.78 is 12.7. The summed E-state index contributed by atoms with van der Waals surface area (Å²) in [4.78, 5) is 55.6. The summed E-state index contributed by atoms with van der Waals surface area (Å²) in [5.41, 5.74) is 0.506. The Morgan fingerprint density at radius 2 is 1.65 bits per heavy atom. The zero-order valence-electron chi connectivity index (χ0n) is 24.0. The molecular formula is C32H33ClN4O6. The summed E-state index contributed by atoms with van der Waals surface area (Å²) >= 11 is 6.24. The van der Waals surface area contributed by atoms with Crippen molar-refractivity contribution in [2.75, 3.05) is 32.6 Å². The maximum atomic E-state index is 13.6. The predicted octanol–water partition coefficient (Wildman–Crippen LogP) is 3.95. The number of carbonyl (C=O) groups excluding carboxylic acids is 2. The third-order valence-electron chi connectivity index (χ3n) is 7.65. The molecule has 0 spiro atoms. The van der Waals surface area contributed by atoms with Crippen molar-refractivity contribution < 1.29 is 19.1 Å². The number of fused-ring (bicyclic) bond motifs is 1. The highest BCUT2D eigenvalue weighted by Crippen LogP contribution is 2.36. The number of ketones is 1. The van der Waals surface area contributed by atoms with E-state index in [1.807, 2.05) is 18.2 Å². The molecule has 3 aromatic carbocycles. The lowest BCUT2D eigenvalue weighted by Crippen LogP contribution is -2.43. The lowest BCUT2D eigenvalue weighted by Gasteiger charge is -2.17. The second-order valence-corrected chi connectivity index (χ2v) is 11.0. The van der Waals surface area contributed by atoms with Gasteiger partial charge in [-0.25, -0.2) is 4.79 Å². The minimum absolute atomic E-state index is 0.145. The number of benzene rings is 3. The largest absolute Gasteiger partial charge is 0.495 e. The number of amides is 1. The van der Waals surface area contributed by atoms with Gasteiger partial charge >= 0.3 is 5.69 Å². The molecule has 4 aromatic rings. The van der Waals surface area contributed by atoms with E-state index in [0.29, 0.717) is 17.0 Å². The van der Waals surface area contributed by atoms with Crippen molar-refractivity contribution in [3.63, 3.8) is 0 Å². The molecule has 5 rings (SSSR count). The van der Waals surface area contributed by atoms with Crippen molar-refractivity contribution in [2.24, 2.45) is 5.92 Å². The highest BCUT2D eigenvalue weighted by Gasteiger charge is 2.26. The van der Waals surface area contributed by atoms with E-state index in [1.165, 1.54) is 36.5 Å². The van der Waals surface area contributed by atoms with Gasteiger partial charge in [0.25, 0.3) is 5.56 Å². The number of carbonyl (C=O) groups is 2. The summed E-state index contributed by atoms with van der Waals surface area (Å²) in [6.07, 6.45) is 1.14. The van der Waals surface area contributed by atoms with E-state index in [1.54, 1.807) is 24.3 Å². The number of halogens is 1. The Morgan fingerprint density at radius 3 is 2.40 bits per heavy atom. The van der Waals surface area contributed by atoms with Crippen LogP contribution in [-0.4, -0.2) is 53.0 Å². The van der Waals surface area contributed by atoms with Crippen LogP contribution in [0.15, 0.2) is 76.3 Å². The Morgan fingerprint density at radius 1 is 0.930 bits per heavy atom. The van der Waals surface area contributed by atoms with Crippen LogP contribution in [0.3, 0.4) is 0 Å². The molecule has 1 atom stereocenters.